The van der Waals surface area contributed by atoms with E-state index in [4.69, 9.17) is 9.47 Å². The molecule has 3 heteroatoms. The van der Waals surface area contributed by atoms with E-state index in [1.54, 1.807) is 12.1 Å². The van der Waals surface area contributed by atoms with Crippen molar-refractivity contribution in [2.45, 2.75) is 39.5 Å². The number of carbonyl (C=O) groups excluding carboxylic acids is 1. The van der Waals surface area contributed by atoms with Crippen molar-refractivity contribution < 1.29 is 14.3 Å². The lowest BCUT2D eigenvalue weighted by atomic mass is 10.3. The van der Waals surface area contributed by atoms with Crippen LogP contribution in [0.1, 0.15) is 39.5 Å². The Morgan fingerprint density at radius 3 is 2.29 bits per heavy atom. The average Bonchev–Trinajstić information content (AvgIpc) is 2.32. The molecule has 1 aromatic carbocycles. The van der Waals surface area contributed by atoms with E-state index in [9.17, 15) is 4.79 Å². The van der Waals surface area contributed by atoms with Crippen LogP contribution in [-0.4, -0.2) is 12.6 Å². The highest BCUT2D eigenvalue weighted by Gasteiger charge is 2.03. The third kappa shape index (κ3) is 5.38. The molecular weight excluding hydrogens is 216 g/mol. The highest BCUT2D eigenvalue weighted by Crippen LogP contribution is 2.18. The van der Waals surface area contributed by atoms with Gasteiger partial charge >= 0.3 is 5.97 Å². The highest BCUT2D eigenvalue weighted by atomic mass is 16.5. The molecule has 0 radical (unpaired) electrons. The lowest BCUT2D eigenvalue weighted by Gasteiger charge is -2.07. The largest absolute Gasteiger partial charge is 0.494 e. The van der Waals surface area contributed by atoms with Crippen LogP contribution in [-0.2, 0) is 4.79 Å². The Balaban J connectivity index is 2.41. The van der Waals surface area contributed by atoms with Crippen molar-refractivity contribution >= 4 is 5.97 Å². The second-order valence-corrected chi connectivity index (χ2v) is 3.90. The first-order chi connectivity index (χ1) is 8.26. The van der Waals surface area contributed by atoms with Crippen LogP contribution in [0, 0.1) is 0 Å². The van der Waals surface area contributed by atoms with Crippen molar-refractivity contribution in [3.05, 3.63) is 24.3 Å². The minimum absolute atomic E-state index is 0.188. The van der Waals surface area contributed by atoms with Crippen molar-refractivity contribution in [3.63, 3.8) is 0 Å². The standard InChI is InChI=1S/C14H20O3/c1-3-5-11-16-12-7-9-13(10-8-12)17-14(15)6-4-2/h7-10H,3-6,11H2,1-2H3. The molecule has 0 aliphatic rings. The molecule has 0 fully saturated rings. The van der Waals surface area contributed by atoms with Crippen molar-refractivity contribution in [2.24, 2.45) is 0 Å². The fraction of sp³-hybridized carbons (Fsp3) is 0.500. The number of esters is 1. The second-order valence-electron chi connectivity index (χ2n) is 3.90. The van der Waals surface area contributed by atoms with Gasteiger partial charge < -0.3 is 9.47 Å². The maximum atomic E-state index is 11.3. The Kier molecular flexibility index (Phi) is 6.15. The number of hydrogen-bond acceptors (Lipinski definition) is 3. The monoisotopic (exact) mass is 236 g/mol. The molecule has 0 atom stereocenters. The number of hydrogen-bond donors (Lipinski definition) is 0. The SMILES string of the molecule is CCCCOc1ccc(OC(=O)CCC)cc1. The van der Waals surface area contributed by atoms with Crippen molar-refractivity contribution in [3.8, 4) is 11.5 Å². The molecule has 0 heterocycles. The molecule has 0 saturated carbocycles. The summed E-state index contributed by atoms with van der Waals surface area (Å²) in [7, 11) is 0. The van der Waals surface area contributed by atoms with Gasteiger partial charge in [-0.15, -0.1) is 0 Å². The van der Waals surface area contributed by atoms with E-state index in [0.29, 0.717) is 12.2 Å². The van der Waals surface area contributed by atoms with Gasteiger partial charge in [0.1, 0.15) is 11.5 Å². The van der Waals surface area contributed by atoms with Crippen LogP contribution in [0.3, 0.4) is 0 Å². The molecule has 0 N–H and O–H groups in total. The Morgan fingerprint density at radius 2 is 1.71 bits per heavy atom. The molecule has 0 aliphatic heterocycles. The first kappa shape index (κ1) is 13.6. The maximum absolute atomic E-state index is 11.3. The molecule has 1 aromatic rings. The van der Waals surface area contributed by atoms with E-state index in [1.807, 2.05) is 19.1 Å². The molecule has 0 spiro atoms. The summed E-state index contributed by atoms with van der Waals surface area (Å²) in [4.78, 5) is 11.3. The van der Waals surface area contributed by atoms with Crippen LogP contribution in [0.2, 0.25) is 0 Å². The Labute approximate surface area is 103 Å². The van der Waals surface area contributed by atoms with E-state index in [2.05, 4.69) is 6.92 Å². The van der Waals surface area contributed by atoms with Crippen LogP contribution < -0.4 is 9.47 Å². The maximum Gasteiger partial charge on any atom is 0.311 e. The smallest absolute Gasteiger partial charge is 0.311 e. The predicted octanol–water partition coefficient (Wildman–Crippen LogP) is 3.57. The number of ether oxygens (including phenoxy) is 2. The van der Waals surface area contributed by atoms with Crippen molar-refractivity contribution in [1.29, 1.82) is 0 Å². The minimum atomic E-state index is -0.188. The predicted molar refractivity (Wildman–Crippen MR) is 67.4 cm³/mol. The number of unbranched alkanes of at least 4 members (excludes halogenated alkanes) is 1. The summed E-state index contributed by atoms with van der Waals surface area (Å²) in [6, 6.07) is 7.16. The quantitative estimate of drug-likeness (QED) is 0.412. The molecule has 0 saturated heterocycles. The van der Waals surface area contributed by atoms with Gasteiger partial charge in [0.05, 0.1) is 6.61 Å². The molecule has 0 aromatic heterocycles. The number of rotatable bonds is 7. The van der Waals surface area contributed by atoms with E-state index in [0.717, 1.165) is 31.6 Å². The molecular formula is C14H20O3. The van der Waals surface area contributed by atoms with E-state index >= 15 is 0 Å². The highest BCUT2D eigenvalue weighted by molar-refractivity contribution is 5.72. The van der Waals surface area contributed by atoms with Gasteiger partial charge in [-0.2, -0.15) is 0 Å². The molecule has 17 heavy (non-hydrogen) atoms. The average molecular weight is 236 g/mol. The summed E-state index contributed by atoms with van der Waals surface area (Å²) in [6.45, 7) is 4.80. The van der Waals surface area contributed by atoms with Crippen molar-refractivity contribution in [1.82, 2.24) is 0 Å². The lowest BCUT2D eigenvalue weighted by Crippen LogP contribution is -2.06. The summed E-state index contributed by atoms with van der Waals surface area (Å²) >= 11 is 0. The zero-order valence-corrected chi connectivity index (χ0v) is 10.6. The van der Waals surface area contributed by atoms with Crippen LogP contribution in [0.25, 0.3) is 0 Å². The van der Waals surface area contributed by atoms with Gasteiger partial charge in [-0.25, -0.2) is 0 Å². The normalized spacial score (nSPS) is 10.0. The van der Waals surface area contributed by atoms with Gasteiger partial charge in [0.15, 0.2) is 0 Å². The second kappa shape index (κ2) is 7.71. The summed E-state index contributed by atoms with van der Waals surface area (Å²) in [5, 5.41) is 0. The molecule has 1 rings (SSSR count). The number of benzene rings is 1. The molecule has 0 amide bonds. The van der Waals surface area contributed by atoms with Gasteiger partial charge in [-0.1, -0.05) is 20.3 Å². The Bertz CT molecular complexity index is 330. The zero-order chi connectivity index (χ0) is 12.5. The molecule has 0 bridgehead atoms. The molecule has 3 nitrogen and oxygen atoms in total. The van der Waals surface area contributed by atoms with Crippen LogP contribution in [0.5, 0.6) is 11.5 Å². The van der Waals surface area contributed by atoms with Crippen molar-refractivity contribution in [2.75, 3.05) is 6.61 Å². The Hall–Kier alpha value is -1.51. The molecule has 94 valence electrons. The fourth-order valence-electron chi connectivity index (χ4n) is 1.32. The summed E-state index contributed by atoms with van der Waals surface area (Å²) in [6.07, 6.45) is 3.42. The number of carbonyl (C=O) groups is 1. The fourth-order valence-corrected chi connectivity index (χ4v) is 1.32. The molecule has 0 unspecified atom stereocenters. The third-order valence-electron chi connectivity index (χ3n) is 2.28. The lowest BCUT2D eigenvalue weighted by molar-refractivity contribution is -0.134. The van der Waals surface area contributed by atoms with Gasteiger partial charge in [-0.05, 0) is 37.1 Å². The topological polar surface area (TPSA) is 35.5 Å². The summed E-state index contributed by atoms with van der Waals surface area (Å²) in [5.41, 5.74) is 0. The van der Waals surface area contributed by atoms with E-state index in [-0.39, 0.29) is 5.97 Å². The first-order valence-corrected chi connectivity index (χ1v) is 6.19. The van der Waals surface area contributed by atoms with E-state index in [1.165, 1.54) is 0 Å². The van der Waals surface area contributed by atoms with Crippen LogP contribution >= 0.6 is 0 Å². The minimum Gasteiger partial charge on any atom is -0.494 e. The van der Waals surface area contributed by atoms with Crippen LogP contribution in [0.4, 0.5) is 0 Å². The zero-order valence-electron chi connectivity index (χ0n) is 10.6. The van der Waals surface area contributed by atoms with Crippen LogP contribution in [0.15, 0.2) is 24.3 Å². The van der Waals surface area contributed by atoms with Gasteiger partial charge in [0.25, 0.3) is 0 Å². The van der Waals surface area contributed by atoms with E-state index < -0.39 is 0 Å². The summed E-state index contributed by atoms with van der Waals surface area (Å²) in [5.74, 6) is 1.20. The van der Waals surface area contributed by atoms with Gasteiger partial charge in [-0.3, -0.25) is 4.79 Å². The first-order valence-electron chi connectivity index (χ1n) is 6.19. The third-order valence-corrected chi connectivity index (χ3v) is 2.28. The Morgan fingerprint density at radius 1 is 1.06 bits per heavy atom. The van der Waals surface area contributed by atoms with Gasteiger partial charge in [0, 0.05) is 6.42 Å². The summed E-state index contributed by atoms with van der Waals surface area (Å²) < 4.78 is 10.7. The molecule has 0 aliphatic carbocycles. The van der Waals surface area contributed by atoms with Gasteiger partial charge in [0.2, 0.25) is 0 Å².